The van der Waals surface area contributed by atoms with Gasteiger partial charge >= 0.3 is 0 Å². The third-order valence-corrected chi connectivity index (χ3v) is 4.21. The Labute approximate surface area is 114 Å². The summed E-state index contributed by atoms with van der Waals surface area (Å²) < 4.78 is 6.12. The maximum atomic E-state index is 6.12. The molecule has 0 spiro atoms. The molecule has 2 aromatic rings. The highest BCUT2D eigenvalue weighted by Crippen LogP contribution is 2.28. The molecule has 2 heteroatoms. The number of hydrogen-bond acceptors (Lipinski definition) is 2. The monoisotopic (exact) mass is 255 g/mol. The highest BCUT2D eigenvalue weighted by molar-refractivity contribution is 5.86. The van der Waals surface area contributed by atoms with Crippen LogP contribution in [0.15, 0.2) is 42.5 Å². The molecular weight excluding hydrogens is 234 g/mol. The molecule has 100 valence electrons. The molecule has 0 saturated carbocycles. The molecule has 0 bridgehead atoms. The van der Waals surface area contributed by atoms with Crippen LogP contribution in [-0.2, 0) is 4.74 Å². The van der Waals surface area contributed by atoms with E-state index in [0.29, 0.717) is 12.0 Å². The second kappa shape index (κ2) is 5.32. The van der Waals surface area contributed by atoms with E-state index >= 15 is 0 Å². The Morgan fingerprint density at radius 1 is 1.05 bits per heavy atom. The Hall–Kier alpha value is -1.38. The predicted molar refractivity (Wildman–Crippen MR) is 79.3 cm³/mol. The molecule has 0 amide bonds. The van der Waals surface area contributed by atoms with Gasteiger partial charge in [-0.3, -0.25) is 0 Å². The van der Waals surface area contributed by atoms with Crippen LogP contribution < -0.4 is 5.32 Å². The summed E-state index contributed by atoms with van der Waals surface area (Å²) in [6.45, 7) is 6.18. The lowest BCUT2D eigenvalue weighted by Crippen LogP contribution is -2.32. The van der Waals surface area contributed by atoms with Crippen LogP contribution in [0, 0.1) is 5.92 Å². The van der Waals surface area contributed by atoms with Gasteiger partial charge in [-0.15, -0.1) is 0 Å². The smallest absolute Gasteiger partial charge is 0.0955 e. The van der Waals surface area contributed by atoms with Crippen LogP contribution in [-0.4, -0.2) is 19.2 Å². The first kappa shape index (κ1) is 12.6. The van der Waals surface area contributed by atoms with Gasteiger partial charge in [-0.25, -0.2) is 0 Å². The summed E-state index contributed by atoms with van der Waals surface area (Å²) in [5, 5.41) is 6.17. The zero-order valence-electron chi connectivity index (χ0n) is 11.6. The number of rotatable bonds is 1. The Kier molecular flexibility index (Phi) is 3.54. The van der Waals surface area contributed by atoms with E-state index in [1.54, 1.807) is 0 Å². The first-order chi connectivity index (χ1) is 9.25. The van der Waals surface area contributed by atoms with Crippen LogP contribution in [0.5, 0.6) is 0 Å². The quantitative estimate of drug-likeness (QED) is 0.841. The van der Waals surface area contributed by atoms with Gasteiger partial charge in [0.1, 0.15) is 0 Å². The van der Waals surface area contributed by atoms with Crippen molar-refractivity contribution in [2.24, 2.45) is 5.92 Å². The summed E-state index contributed by atoms with van der Waals surface area (Å²) in [6.07, 6.45) is 0.151. The molecule has 1 aliphatic rings. The minimum Gasteiger partial charge on any atom is -0.372 e. The van der Waals surface area contributed by atoms with E-state index in [4.69, 9.17) is 4.74 Å². The highest BCUT2D eigenvalue weighted by Gasteiger charge is 2.23. The summed E-state index contributed by atoms with van der Waals surface area (Å²) in [6, 6.07) is 15.5. The van der Waals surface area contributed by atoms with Crippen molar-refractivity contribution < 1.29 is 4.74 Å². The summed E-state index contributed by atoms with van der Waals surface area (Å²) in [5.74, 6) is 0.556. The second-order valence-electron chi connectivity index (χ2n) is 5.56. The van der Waals surface area contributed by atoms with Crippen molar-refractivity contribution in [2.75, 3.05) is 13.2 Å². The number of fused-ring (bicyclic) bond motifs is 1. The second-order valence-corrected chi connectivity index (χ2v) is 5.56. The van der Waals surface area contributed by atoms with E-state index in [1.165, 1.54) is 16.3 Å². The van der Waals surface area contributed by atoms with Crippen molar-refractivity contribution in [3.8, 4) is 0 Å². The highest BCUT2D eigenvalue weighted by atomic mass is 16.5. The topological polar surface area (TPSA) is 21.3 Å². The molecule has 1 fully saturated rings. The Morgan fingerprint density at radius 2 is 1.84 bits per heavy atom. The zero-order chi connectivity index (χ0) is 13.2. The molecule has 3 unspecified atom stereocenters. The van der Waals surface area contributed by atoms with Gasteiger partial charge in [0.05, 0.1) is 12.7 Å². The number of ether oxygens (including phenoxy) is 1. The molecule has 2 nitrogen and oxygen atoms in total. The first-order valence-electron chi connectivity index (χ1n) is 7.08. The number of hydrogen-bond donors (Lipinski definition) is 1. The lowest BCUT2D eigenvalue weighted by atomic mass is 10.0. The van der Waals surface area contributed by atoms with Crippen LogP contribution in [0.25, 0.3) is 10.8 Å². The Morgan fingerprint density at radius 3 is 2.74 bits per heavy atom. The van der Waals surface area contributed by atoms with Gasteiger partial charge in [0, 0.05) is 12.6 Å². The van der Waals surface area contributed by atoms with E-state index in [0.717, 1.165) is 13.2 Å². The average Bonchev–Trinajstić information content (AvgIpc) is 2.61. The van der Waals surface area contributed by atoms with Crippen LogP contribution in [0.4, 0.5) is 0 Å². The molecule has 0 aromatic heterocycles. The van der Waals surface area contributed by atoms with Crippen molar-refractivity contribution in [3.63, 3.8) is 0 Å². The van der Waals surface area contributed by atoms with E-state index in [1.807, 2.05) is 0 Å². The van der Waals surface area contributed by atoms with Gasteiger partial charge in [0.2, 0.25) is 0 Å². The third-order valence-electron chi connectivity index (χ3n) is 4.21. The first-order valence-corrected chi connectivity index (χ1v) is 7.08. The van der Waals surface area contributed by atoms with Crippen LogP contribution in [0.3, 0.4) is 0 Å². The molecule has 1 aliphatic heterocycles. The summed E-state index contributed by atoms with van der Waals surface area (Å²) in [4.78, 5) is 0. The molecule has 3 atom stereocenters. The summed E-state index contributed by atoms with van der Waals surface area (Å²) in [5.41, 5.74) is 1.30. The maximum Gasteiger partial charge on any atom is 0.0955 e. The molecule has 1 N–H and O–H groups in total. The van der Waals surface area contributed by atoms with E-state index in [-0.39, 0.29) is 6.10 Å². The minimum atomic E-state index is 0.151. The Bertz CT molecular complexity index is 549. The van der Waals surface area contributed by atoms with Crippen LogP contribution >= 0.6 is 0 Å². The lowest BCUT2D eigenvalue weighted by molar-refractivity contribution is 0.0505. The fourth-order valence-corrected chi connectivity index (χ4v) is 2.70. The molecule has 1 saturated heterocycles. The number of benzene rings is 2. The van der Waals surface area contributed by atoms with Gasteiger partial charge in [-0.05, 0) is 29.2 Å². The lowest BCUT2D eigenvalue weighted by Gasteiger charge is -2.18. The number of nitrogens with one attached hydrogen (secondary N) is 1. The molecule has 0 aliphatic carbocycles. The predicted octanol–water partition coefficient (Wildman–Crippen LogP) is 3.53. The fourth-order valence-electron chi connectivity index (χ4n) is 2.70. The van der Waals surface area contributed by atoms with Gasteiger partial charge in [0.25, 0.3) is 0 Å². The van der Waals surface area contributed by atoms with Crippen LogP contribution in [0.1, 0.15) is 25.5 Å². The van der Waals surface area contributed by atoms with Gasteiger partial charge in [-0.1, -0.05) is 49.4 Å². The molecule has 19 heavy (non-hydrogen) atoms. The van der Waals surface area contributed by atoms with Crippen molar-refractivity contribution in [1.82, 2.24) is 5.32 Å². The maximum absolute atomic E-state index is 6.12. The van der Waals surface area contributed by atoms with E-state index < -0.39 is 0 Å². The largest absolute Gasteiger partial charge is 0.372 e. The van der Waals surface area contributed by atoms with Crippen molar-refractivity contribution in [2.45, 2.75) is 26.0 Å². The minimum absolute atomic E-state index is 0.151. The SMILES string of the molecule is CC1COC(c2cccc3ccccc23)CNC1C. The van der Waals surface area contributed by atoms with Gasteiger partial charge in [0.15, 0.2) is 0 Å². The molecule has 3 rings (SSSR count). The summed E-state index contributed by atoms with van der Waals surface area (Å²) >= 11 is 0. The van der Waals surface area contributed by atoms with E-state index in [9.17, 15) is 0 Å². The van der Waals surface area contributed by atoms with Crippen molar-refractivity contribution >= 4 is 10.8 Å². The van der Waals surface area contributed by atoms with Crippen molar-refractivity contribution in [1.29, 1.82) is 0 Å². The van der Waals surface area contributed by atoms with Gasteiger partial charge < -0.3 is 10.1 Å². The fraction of sp³-hybridized carbons (Fsp3) is 0.412. The molecular formula is C17H21NO. The van der Waals surface area contributed by atoms with E-state index in [2.05, 4.69) is 61.6 Å². The van der Waals surface area contributed by atoms with Crippen molar-refractivity contribution in [3.05, 3.63) is 48.0 Å². The van der Waals surface area contributed by atoms with Gasteiger partial charge in [-0.2, -0.15) is 0 Å². The summed E-state index contributed by atoms with van der Waals surface area (Å²) in [7, 11) is 0. The third kappa shape index (κ3) is 2.51. The Balaban J connectivity index is 1.96. The normalized spacial score (nSPS) is 28.2. The molecule has 1 heterocycles. The zero-order valence-corrected chi connectivity index (χ0v) is 11.6. The standard InChI is InChI=1S/C17H21NO/c1-12-11-19-17(10-18-13(12)2)16-9-5-7-14-6-3-4-8-15(14)16/h3-9,12-13,17-18H,10-11H2,1-2H3. The average molecular weight is 255 g/mol. The molecule has 2 aromatic carbocycles. The molecule has 0 radical (unpaired) electrons. The van der Waals surface area contributed by atoms with Crippen LogP contribution in [0.2, 0.25) is 0 Å².